The third-order valence-corrected chi connectivity index (χ3v) is 6.16. The molecule has 8 heteroatoms. The predicted octanol–water partition coefficient (Wildman–Crippen LogP) is 4.24. The number of hydrogen-bond donors (Lipinski definition) is 1. The number of hydrogen-bond acceptors (Lipinski definition) is 6. The number of piperazine rings is 1. The first-order valence-electron chi connectivity index (χ1n) is 10.9. The van der Waals surface area contributed by atoms with Crippen LogP contribution in [0.25, 0.3) is 0 Å². The summed E-state index contributed by atoms with van der Waals surface area (Å²) in [6.45, 7) is 3.84. The standard InChI is InChI=1S/C25H28ClN3O4/c1-31-20-8-6-19(7-9-20)28-11-13-29(14-12-28)22(24-4-3-15-33-24)17-27-25(30)21-16-18(26)5-10-23(21)32-2/h3-10,15-16,22H,11-14,17H2,1-2H3,(H,27,30). The van der Waals surface area contributed by atoms with E-state index in [-0.39, 0.29) is 11.9 Å². The Bertz CT molecular complexity index is 1050. The lowest BCUT2D eigenvalue weighted by Gasteiger charge is -2.39. The minimum atomic E-state index is -0.234. The highest BCUT2D eigenvalue weighted by Crippen LogP contribution is 2.27. The van der Waals surface area contributed by atoms with Gasteiger partial charge in [-0.3, -0.25) is 9.69 Å². The van der Waals surface area contributed by atoms with Gasteiger partial charge in [-0.1, -0.05) is 11.6 Å². The summed E-state index contributed by atoms with van der Waals surface area (Å²) in [7, 11) is 3.21. The molecule has 1 aliphatic rings. The number of amides is 1. The number of rotatable bonds is 8. The van der Waals surface area contributed by atoms with E-state index in [9.17, 15) is 4.79 Å². The molecule has 1 unspecified atom stereocenters. The number of carbonyl (C=O) groups excluding carboxylic acids is 1. The van der Waals surface area contributed by atoms with Gasteiger partial charge in [0.2, 0.25) is 0 Å². The number of methoxy groups -OCH3 is 2. The van der Waals surface area contributed by atoms with Gasteiger partial charge in [-0.15, -0.1) is 0 Å². The van der Waals surface area contributed by atoms with Crippen LogP contribution in [-0.2, 0) is 0 Å². The Kier molecular flexibility index (Phi) is 7.42. The van der Waals surface area contributed by atoms with E-state index in [1.807, 2.05) is 24.3 Å². The lowest BCUT2D eigenvalue weighted by atomic mass is 10.1. The molecule has 2 heterocycles. The third-order valence-electron chi connectivity index (χ3n) is 5.93. The van der Waals surface area contributed by atoms with Crippen LogP contribution >= 0.6 is 11.6 Å². The van der Waals surface area contributed by atoms with Gasteiger partial charge in [-0.2, -0.15) is 0 Å². The van der Waals surface area contributed by atoms with Crippen molar-refractivity contribution in [2.24, 2.45) is 0 Å². The van der Waals surface area contributed by atoms with Crippen molar-refractivity contribution in [3.63, 3.8) is 0 Å². The van der Waals surface area contributed by atoms with Gasteiger partial charge in [0.15, 0.2) is 0 Å². The Balaban J connectivity index is 1.42. The van der Waals surface area contributed by atoms with E-state index in [2.05, 4.69) is 27.2 Å². The second-order valence-electron chi connectivity index (χ2n) is 7.81. The molecule has 4 rings (SSSR count). The summed E-state index contributed by atoms with van der Waals surface area (Å²) >= 11 is 6.09. The maximum Gasteiger partial charge on any atom is 0.255 e. The fraction of sp³-hybridized carbons (Fsp3) is 0.320. The average Bonchev–Trinajstić information content (AvgIpc) is 3.39. The highest BCUT2D eigenvalue weighted by Gasteiger charge is 2.28. The molecule has 7 nitrogen and oxygen atoms in total. The Labute approximate surface area is 198 Å². The summed E-state index contributed by atoms with van der Waals surface area (Å²) in [5, 5.41) is 3.52. The van der Waals surface area contributed by atoms with Gasteiger partial charge in [0, 0.05) is 43.4 Å². The van der Waals surface area contributed by atoms with E-state index in [0.717, 1.165) is 37.7 Å². The lowest BCUT2D eigenvalue weighted by molar-refractivity contribution is 0.0920. The summed E-state index contributed by atoms with van der Waals surface area (Å²) in [6, 6.07) is 16.9. The Morgan fingerprint density at radius 1 is 1.06 bits per heavy atom. The van der Waals surface area contributed by atoms with Crippen molar-refractivity contribution >= 4 is 23.2 Å². The molecule has 1 saturated heterocycles. The number of furan rings is 1. The van der Waals surface area contributed by atoms with Crippen LogP contribution in [0.4, 0.5) is 5.69 Å². The van der Waals surface area contributed by atoms with Crippen LogP contribution in [0.3, 0.4) is 0 Å². The summed E-state index contributed by atoms with van der Waals surface area (Å²) in [6.07, 6.45) is 1.66. The molecule has 1 aromatic heterocycles. The average molecular weight is 470 g/mol. The Morgan fingerprint density at radius 2 is 1.82 bits per heavy atom. The maximum atomic E-state index is 12.9. The zero-order chi connectivity index (χ0) is 23.2. The number of benzene rings is 2. The van der Waals surface area contributed by atoms with Crippen LogP contribution in [0, 0.1) is 0 Å². The highest BCUT2D eigenvalue weighted by atomic mass is 35.5. The Hall–Kier alpha value is -3.16. The van der Waals surface area contributed by atoms with Crippen molar-refractivity contribution in [3.05, 3.63) is 77.2 Å². The number of nitrogens with one attached hydrogen (secondary N) is 1. The van der Waals surface area contributed by atoms with Gasteiger partial charge in [0.1, 0.15) is 17.3 Å². The number of carbonyl (C=O) groups is 1. The second-order valence-corrected chi connectivity index (χ2v) is 8.24. The summed E-state index contributed by atoms with van der Waals surface area (Å²) in [4.78, 5) is 17.6. The molecule has 0 aliphatic carbocycles. The van der Waals surface area contributed by atoms with Crippen LogP contribution in [0.1, 0.15) is 22.2 Å². The van der Waals surface area contributed by atoms with E-state index in [1.54, 1.807) is 31.6 Å². The quantitative estimate of drug-likeness (QED) is 0.532. The molecule has 1 amide bonds. The van der Waals surface area contributed by atoms with Crippen molar-refractivity contribution in [1.29, 1.82) is 0 Å². The predicted molar refractivity (Wildman–Crippen MR) is 129 cm³/mol. The molecule has 0 bridgehead atoms. The number of halogens is 1. The third kappa shape index (κ3) is 5.43. The molecule has 0 radical (unpaired) electrons. The molecule has 174 valence electrons. The van der Waals surface area contributed by atoms with E-state index in [4.69, 9.17) is 25.5 Å². The molecular formula is C25H28ClN3O4. The van der Waals surface area contributed by atoms with Gasteiger partial charge in [0.05, 0.1) is 32.1 Å². The van der Waals surface area contributed by atoms with Crippen LogP contribution in [0.15, 0.2) is 65.3 Å². The molecule has 0 saturated carbocycles. The molecule has 33 heavy (non-hydrogen) atoms. The van der Waals surface area contributed by atoms with Crippen molar-refractivity contribution in [3.8, 4) is 11.5 Å². The van der Waals surface area contributed by atoms with Crippen molar-refractivity contribution < 1.29 is 18.7 Å². The zero-order valence-corrected chi connectivity index (χ0v) is 19.5. The number of ether oxygens (including phenoxy) is 2. The fourth-order valence-corrected chi connectivity index (χ4v) is 4.29. The van der Waals surface area contributed by atoms with Crippen LogP contribution in [-0.4, -0.2) is 57.8 Å². The molecule has 2 aromatic carbocycles. The van der Waals surface area contributed by atoms with Crippen molar-refractivity contribution in [2.45, 2.75) is 6.04 Å². The topological polar surface area (TPSA) is 67.2 Å². The SMILES string of the molecule is COc1ccc(N2CCN(C(CNC(=O)c3cc(Cl)ccc3OC)c3ccco3)CC2)cc1. The second kappa shape index (κ2) is 10.6. The van der Waals surface area contributed by atoms with E-state index >= 15 is 0 Å². The molecule has 1 fully saturated rings. The minimum Gasteiger partial charge on any atom is -0.497 e. The number of nitrogens with zero attached hydrogens (tertiary/aromatic N) is 2. The van der Waals surface area contributed by atoms with Crippen molar-refractivity contribution in [2.75, 3.05) is 51.8 Å². The van der Waals surface area contributed by atoms with E-state index < -0.39 is 0 Å². The first-order chi connectivity index (χ1) is 16.1. The molecular weight excluding hydrogens is 442 g/mol. The summed E-state index contributed by atoms with van der Waals surface area (Å²) < 4.78 is 16.3. The first-order valence-corrected chi connectivity index (χ1v) is 11.2. The molecule has 1 aliphatic heterocycles. The fourth-order valence-electron chi connectivity index (χ4n) is 4.12. The molecule has 1 atom stereocenters. The smallest absolute Gasteiger partial charge is 0.255 e. The summed E-state index contributed by atoms with van der Waals surface area (Å²) in [5.41, 5.74) is 1.58. The normalized spacial score (nSPS) is 15.2. The van der Waals surface area contributed by atoms with Gasteiger partial charge < -0.3 is 24.1 Å². The van der Waals surface area contributed by atoms with Crippen LogP contribution < -0.4 is 19.7 Å². The highest BCUT2D eigenvalue weighted by molar-refractivity contribution is 6.31. The van der Waals surface area contributed by atoms with Gasteiger partial charge >= 0.3 is 0 Å². The Morgan fingerprint density at radius 3 is 2.45 bits per heavy atom. The van der Waals surface area contributed by atoms with Gasteiger partial charge in [-0.25, -0.2) is 0 Å². The monoisotopic (exact) mass is 469 g/mol. The largest absolute Gasteiger partial charge is 0.497 e. The minimum absolute atomic E-state index is 0.0767. The first kappa shape index (κ1) is 23.0. The lowest BCUT2D eigenvalue weighted by Crippen LogP contribution is -2.49. The van der Waals surface area contributed by atoms with Gasteiger partial charge in [0.25, 0.3) is 5.91 Å². The van der Waals surface area contributed by atoms with Crippen molar-refractivity contribution in [1.82, 2.24) is 10.2 Å². The molecule has 0 spiro atoms. The van der Waals surface area contributed by atoms with Gasteiger partial charge in [-0.05, 0) is 54.6 Å². The van der Waals surface area contributed by atoms with E-state index in [1.165, 1.54) is 12.8 Å². The summed E-state index contributed by atoms with van der Waals surface area (Å²) in [5.74, 6) is 1.93. The molecule has 1 N–H and O–H groups in total. The zero-order valence-electron chi connectivity index (χ0n) is 18.8. The molecule has 3 aromatic rings. The maximum absolute atomic E-state index is 12.9. The van der Waals surface area contributed by atoms with Crippen LogP contribution in [0.5, 0.6) is 11.5 Å². The number of anilines is 1. The van der Waals surface area contributed by atoms with Crippen LogP contribution in [0.2, 0.25) is 5.02 Å². The van der Waals surface area contributed by atoms with E-state index in [0.29, 0.717) is 22.9 Å².